The summed E-state index contributed by atoms with van der Waals surface area (Å²) in [6.45, 7) is 0.780. The van der Waals surface area contributed by atoms with E-state index in [1.807, 2.05) is 0 Å². The van der Waals surface area contributed by atoms with Crippen LogP contribution in [0.25, 0.3) is 11.0 Å². The van der Waals surface area contributed by atoms with Gasteiger partial charge in [0.2, 0.25) is 0 Å². The van der Waals surface area contributed by atoms with Crippen molar-refractivity contribution in [2.45, 2.75) is 19.0 Å². The zero-order valence-electron chi connectivity index (χ0n) is 13.3. The first kappa shape index (κ1) is 17.9. The highest BCUT2D eigenvalue weighted by molar-refractivity contribution is 9.10. The van der Waals surface area contributed by atoms with E-state index in [0.717, 1.165) is 10.3 Å². The summed E-state index contributed by atoms with van der Waals surface area (Å²) < 4.78 is 39.6. The highest BCUT2D eigenvalue weighted by Crippen LogP contribution is 2.28. The van der Waals surface area contributed by atoms with Crippen LogP contribution in [0.3, 0.4) is 0 Å². The SMILES string of the molecule is Cn1nc(Br)c2c(NCC3CCN(C(=O)C(F)(F)F)CC3)ncnc21. The molecule has 3 rings (SSSR count). The van der Waals surface area contributed by atoms with Crippen LogP contribution >= 0.6 is 15.9 Å². The van der Waals surface area contributed by atoms with Crippen molar-refractivity contribution in [2.75, 3.05) is 25.0 Å². The first-order chi connectivity index (χ1) is 11.8. The van der Waals surface area contributed by atoms with Crippen LogP contribution in [-0.2, 0) is 11.8 Å². The van der Waals surface area contributed by atoms with Crippen LogP contribution in [0.2, 0.25) is 0 Å². The summed E-state index contributed by atoms with van der Waals surface area (Å²) in [7, 11) is 1.78. The third-order valence-electron chi connectivity index (χ3n) is 4.28. The molecule has 0 radical (unpaired) electrons. The lowest BCUT2D eigenvalue weighted by Crippen LogP contribution is -2.46. The Morgan fingerprint density at radius 1 is 1.36 bits per heavy atom. The maximum atomic E-state index is 12.5. The molecule has 2 aromatic rings. The third kappa shape index (κ3) is 3.70. The van der Waals surface area contributed by atoms with Crippen LogP contribution in [0.15, 0.2) is 10.9 Å². The second kappa shape index (κ2) is 6.77. The Bertz CT molecular complexity index is 785. The van der Waals surface area contributed by atoms with Crippen molar-refractivity contribution >= 4 is 38.7 Å². The molecule has 0 spiro atoms. The molecule has 0 saturated carbocycles. The van der Waals surface area contributed by atoms with Crippen molar-refractivity contribution in [1.82, 2.24) is 24.6 Å². The van der Waals surface area contributed by atoms with Crippen molar-refractivity contribution in [3.05, 3.63) is 10.9 Å². The van der Waals surface area contributed by atoms with E-state index in [9.17, 15) is 18.0 Å². The molecule has 1 aliphatic rings. The monoisotopic (exact) mass is 420 g/mol. The van der Waals surface area contributed by atoms with Gasteiger partial charge in [-0.2, -0.15) is 18.3 Å². The van der Waals surface area contributed by atoms with E-state index in [0.29, 0.717) is 35.5 Å². The smallest absolute Gasteiger partial charge is 0.369 e. The average molecular weight is 421 g/mol. The van der Waals surface area contributed by atoms with Crippen LogP contribution in [0.1, 0.15) is 12.8 Å². The van der Waals surface area contributed by atoms with Crippen LogP contribution in [0.5, 0.6) is 0 Å². The number of carbonyl (C=O) groups excluding carboxylic acids is 1. The van der Waals surface area contributed by atoms with Gasteiger partial charge in [0.15, 0.2) is 5.65 Å². The minimum absolute atomic E-state index is 0.112. The van der Waals surface area contributed by atoms with Gasteiger partial charge in [-0.25, -0.2) is 14.6 Å². The molecule has 25 heavy (non-hydrogen) atoms. The third-order valence-corrected chi connectivity index (χ3v) is 4.84. The summed E-state index contributed by atoms with van der Waals surface area (Å²) in [5.74, 6) is -0.966. The van der Waals surface area contributed by atoms with E-state index in [2.05, 4.69) is 36.3 Å². The fourth-order valence-electron chi connectivity index (χ4n) is 2.94. The molecule has 1 fully saturated rings. The Balaban J connectivity index is 1.60. The van der Waals surface area contributed by atoms with Gasteiger partial charge in [-0.15, -0.1) is 0 Å². The highest BCUT2D eigenvalue weighted by atomic mass is 79.9. The molecule has 1 saturated heterocycles. The molecule has 3 heterocycles. The number of nitrogens with zero attached hydrogens (tertiary/aromatic N) is 5. The van der Waals surface area contributed by atoms with E-state index in [1.54, 1.807) is 11.7 Å². The first-order valence-corrected chi connectivity index (χ1v) is 8.50. The Morgan fingerprint density at radius 2 is 2.04 bits per heavy atom. The number of amides is 1. The Hall–Kier alpha value is -1.91. The van der Waals surface area contributed by atoms with Crippen molar-refractivity contribution < 1.29 is 18.0 Å². The Labute approximate surface area is 149 Å². The summed E-state index contributed by atoms with van der Waals surface area (Å²) in [4.78, 5) is 20.5. The Kier molecular flexibility index (Phi) is 4.85. The van der Waals surface area contributed by atoms with Crippen LogP contribution in [-0.4, -0.2) is 56.4 Å². The summed E-state index contributed by atoms with van der Waals surface area (Å²) >= 11 is 3.37. The molecule has 136 valence electrons. The van der Waals surface area contributed by atoms with Crippen LogP contribution in [0, 0.1) is 5.92 Å². The number of likely N-dealkylation sites (tertiary alicyclic amines) is 1. The number of hydrogen-bond acceptors (Lipinski definition) is 5. The lowest BCUT2D eigenvalue weighted by atomic mass is 9.96. The maximum Gasteiger partial charge on any atom is 0.471 e. The van der Waals surface area contributed by atoms with E-state index in [4.69, 9.17) is 0 Å². The molecule has 1 amide bonds. The summed E-state index contributed by atoms with van der Waals surface area (Å²) in [5, 5.41) is 8.22. The second-order valence-electron chi connectivity index (χ2n) is 5.95. The van der Waals surface area contributed by atoms with Crippen molar-refractivity contribution in [1.29, 1.82) is 0 Å². The van der Waals surface area contributed by atoms with E-state index < -0.39 is 12.1 Å². The maximum absolute atomic E-state index is 12.5. The van der Waals surface area contributed by atoms with Crippen molar-refractivity contribution in [2.24, 2.45) is 13.0 Å². The topological polar surface area (TPSA) is 75.9 Å². The van der Waals surface area contributed by atoms with Crippen molar-refractivity contribution in [3.63, 3.8) is 0 Å². The predicted octanol–water partition coefficient (Wildman–Crippen LogP) is 2.34. The molecule has 2 aromatic heterocycles. The highest BCUT2D eigenvalue weighted by Gasteiger charge is 2.43. The standard InChI is InChI=1S/C14H16BrF3N6O/c1-23-12-9(10(15)22-23)11(20-7-21-12)19-6-8-2-4-24(5-3-8)13(25)14(16,17)18/h7-8H,2-6H2,1H3,(H,19,20,21). The van der Waals surface area contributed by atoms with E-state index >= 15 is 0 Å². The zero-order chi connectivity index (χ0) is 18.2. The number of aromatic nitrogens is 4. The first-order valence-electron chi connectivity index (χ1n) is 7.70. The van der Waals surface area contributed by atoms with Gasteiger partial charge in [-0.1, -0.05) is 0 Å². The predicted molar refractivity (Wildman–Crippen MR) is 87.9 cm³/mol. The number of rotatable bonds is 3. The fourth-order valence-corrected chi connectivity index (χ4v) is 3.54. The molecule has 1 N–H and O–H groups in total. The summed E-state index contributed by atoms with van der Waals surface area (Å²) in [6.07, 6.45) is -2.35. The van der Waals surface area contributed by atoms with Crippen LogP contribution < -0.4 is 5.32 Å². The molecule has 0 aromatic carbocycles. The molecule has 1 aliphatic heterocycles. The number of anilines is 1. The molecule has 0 unspecified atom stereocenters. The van der Waals surface area contributed by atoms with Gasteiger partial charge >= 0.3 is 12.1 Å². The van der Waals surface area contributed by atoms with Crippen LogP contribution in [0.4, 0.5) is 19.0 Å². The lowest BCUT2D eigenvalue weighted by Gasteiger charge is -2.32. The lowest BCUT2D eigenvalue weighted by molar-refractivity contribution is -0.186. The fraction of sp³-hybridized carbons (Fsp3) is 0.571. The van der Waals surface area contributed by atoms with Gasteiger partial charge in [0, 0.05) is 26.7 Å². The quantitative estimate of drug-likeness (QED) is 0.824. The molecular weight excluding hydrogens is 405 g/mol. The Morgan fingerprint density at radius 3 is 2.68 bits per heavy atom. The molecule has 11 heteroatoms. The zero-order valence-corrected chi connectivity index (χ0v) is 14.9. The van der Waals surface area contributed by atoms with Gasteiger partial charge in [-0.05, 0) is 34.7 Å². The van der Waals surface area contributed by atoms with Gasteiger partial charge in [0.05, 0.1) is 5.39 Å². The summed E-state index contributed by atoms with van der Waals surface area (Å²) in [5.41, 5.74) is 0.676. The molecule has 0 aliphatic carbocycles. The minimum Gasteiger partial charge on any atom is -0.369 e. The minimum atomic E-state index is -4.80. The van der Waals surface area contributed by atoms with Crippen molar-refractivity contribution in [3.8, 4) is 0 Å². The molecule has 7 nitrogen and oxygen atoms in total. The normalized spacial score (nSPS) is 16.4. The molecule has 0 bridgehead atoms. The number of halogens is 4. The number of aryl methyl sites for hydroxylation is 1. The number of alkyl halides is 3. The number of fused-ring (bicyclic) bond motifs is 1. The number of hydrogen-bond donors (Lipinski definition) is 1. The van der Waals surface area contributed by atoms with Gasteiger partial charge in [-0.3, -0.25) is 4.79 Å². The van der Waals surface area contributed by atoms with Gasteiger partial charge < -0.3 is 10.2 Å². The second-order valence-corrected chi connectivity index (χ2v) is 6.70. The van der Waals surface area contributed by atoms with Gasteiger partial charge in [0.1, 0.15) is 16.7 Å². The van der Waals surface area contributed by atoms with E-state index in [-0.39, 0.29) is 19.0 Å². The average Bonchev–Trinajstić information content (AvgIpc) is 2.87. The largest absolute Gasteiger partial charge is 0.471 e. The van der Waals surface area contributed by atoms with Gasteiger partial charge in [0.25, 0.3) is 0 Å². The molecule has 0 atom stereocenters. The molecular formula is C14H16BrF3N6O. The number of piperidine rings is 1. The number of carbonyl (C=O) groups is 1. The van der Waals surface area contributed by atoms with E-state index in [1.165, 1.54) is 6.33 Å². The summed E-state index contributed by atoms with van der Waals surface area (Å²) in [6, 6.07) is 0. The number of nitrogens with one attached hydrogen (secondary N) is 1.